The van der Waals surface area contributed by atoms with E-state index in [9.17, 15) is 5.11 Å². The molecule has 1 aliphatic heterocycles. The van der Waals surface area contributed by atoms with Crippen molar-refractivity contribution in [3.63, 3.8) is 0 Å². The number of nitrogens with one attached hydrogen (secondary N) is 1. The van der Waals surface area contributed by atoms with Gasteiger partial charge in [-0.1, -0.05) is 0 Å². The average molecular weight is 209 g/mol. The van der Waals surface area contributed by atoms with Crippen LogP contribution in [0.5, 0.6) is 11.5 Å². The molecule has 1 fully saturated rings. The van der Waals surface area contributed by atoms with Gasteiger partial charge in [0.05, 0.1) is 19.8 Å². The Labute approximate surface area is 88.8 Å². The first kappa shape index (κ1) is 10.3. The van der Waals surface area contributed by atoms with E-state index < -0.39 is 0 Å². The molecule has 82 valence electrons. The van der Waals surface area contributed by atoms with Gasteiger partial charge in [-0.3, -0.25) is 0 Å². The number of benzene rings is 1. The van der Waals surface area contributed by atoms with E-state index in [2.05, 4.69) is 5.32 Å². The monoisotopic (exact) mass is 209 g/mol. The number of rotatable bonds is 2. The second kappa shape index (κ2) is 4.51. The smallest absolute Gasteiger partial charge is 0.124 e. The van der Waals surface area contributed by atoms with E-state index in [-0.39, 0.29) is 11.9 Å². The maximum Gasteiger partial charge on any atom is 0.124 e. The van der Waals surface area contributed by atoms with Gasteiger partial charge >= 0.3 is 0 Å². The lowest BCUT2D eigenvalue weighted by Gasteiger charge is -2.25. The van der Waals surface area contributed by atoms with Gasteiger partial charge < -0.3 is 19.9 Å². The van der Waals surface area contributed by atoms with Crippen molar-refractivity contribution in [1.29, 1.82) is 0 Å². The van der Waals surface area contributed by atoms with Crippen LogP contribution in [0.2, 0.25) is 0 Å². The van der Waals surface area contributed by atoms with Crippen molar-refractivity contribution in [2.45, 2.75) is 6.10 Å². The Bertz CT molecular complexity index is 335. The molecular formula is C11H15NO3. The number of morpholine rings is 1. The highest BCUT2D eigenvalue weighted by Gasteiger charge is 2.19. The zero-order chi connectivity index (χ0) is 10.7. The minimum Gasteiger partial charge on any atom is -0.508 e. The van der Waals surface area contributed by atoms with Gasteiger partial charge in [-0.2, -0.15) is 0 Å². The minimum atomic E-state index is -0.0409. The normalized spacial score (nSPS) is 21.3. The van der Waals surface area contributed by atoms with Crippen LogP contribution in [-0.4, -0.2) is 31.9 Å². The molecule has 0 amide bonds. The summed E-state index contributed by atoms with van der Waals surface area (Å²) >= 11 is 0. The summed E-state index contributed by atoms with van der Waals surface area (Å²) in [6.45, 7) is 2.31. The van der Waals surface area contributed by atoms with E-state index in [1.54, 1.807) is 25.3 Å². The maximum atomic E-state index is 9.43. The summed E-state index contributed by atoms with van der Waals surface area (Å²) < 4.78 is 10.8. The summed E-state index contributed by atoms with van der Waals surface area (Å²) in [5, 5.41) is 12.7. The van der Waals surface area contributed by atoms with Crippen LogP contribution in [0, 0.1) is 0 Å². The highest BCUT2D eigenvalue weighted by molar-refractivity contribution is 5.41. The first-order valence-corrected chi connectivity index (χ1v) is 5.00. The molecule has 4 nitrogen and oxygen atoms in total. The fraction of sp³-hybridized carbons (Fsp3) is 0.455. The summed E-state index contributed by atoms with van der Waals surface area (Å²) in [5.41, 5.74) is 0.893. The third-order valence-corrected chi connectivity index (χ3v) is 2.49. The molecule has 0 aliphatic carbocycles. The first-order valence-electron chi connectivity index (χ1n) is 5.00. The molecule has 0 bridgehead atoms. The van der Waals surface area contributed by atoms with E-state index in [0.29, 0.717) is 6.61 Å². The SMILES string of the molecule is COc1ccc(O)cc1C1CNCCO1. The molecule has 0 aromatic heterocycles. The quantitative estimate of drug-likeness (QED) is 0.764. The van der Waals surface area contributed by atoms with Crippen molar-refractivity contribution in [2.75, 3.05) is 26.8 Å². The Morgan fingerprint density at radius 2 is 2.40 bits per heavy atom. The second-order valence-electron chi connectivity index (χ2n) is 3.49. The summed E-state index contributed by atoms with van der Waals surface area (Å²) in [7, 11) is 1.62. The molecule has 0 radical (unpaired) electrons. The lowest BCUT2D eigenvalue weighted by atomic mass is 10.1. The summed E-state index contributed by atoms with van der Waals surface area (Å²) in [4.78, 5) is 0. The van der Waals surface area contributed by atoms with Crippen molar-refractivity contribution in [1.82, 2.24) is 5.32 Å². The number of phenols is 1. The highest BCUT2D eigenvalue weighted by atomic mass is 16.5. The van der Waals surface area contributed by atoms with E-state index in [0.717, 1.165) is 24.4 Å². The zero-order valence-electron chi connectivity index (χ0n) is 8.69. The van der Waals surface area contributed by atoms with Crippen LogP contribution < -0.4 is 10.1 Å². The molecule has 1 unspecified atom stereocenters. The van der Waals surface area contributed by atoms with Gasteiger partial charge in [-0.25, -0.2) is 0 Å². The van der Waals surface area contributed by atoms with Gasteiger partial charge in [-0.05, 0) is 18.2 Å². The van der Waals surface area contributed by atoms with Crippen molar-refractivity contribution in [3.8, 4) is 11.5 Å². The molecule has 4 heteroatoms. The van der Waals surface area contributed by atoms with Gasteiger partial charge in [0.15, 0.2) is 0 Å². The topological polar surface area (TPSA) is 50.7 Å². The number of ether oxygens (including phenoxy) is 2. The summed E-state index contributed by atoms with van der Waals surface area (Å²) in [6.07, 6.45) is -0.0409. The number of methoxy groups -OCH3 is 1. The lowest BCUT2D eigenvalue weighted by molar-refractivity contribution is 0.0261. The van der Waals surface area contributed by atoms with Crippen LogP contribution in [0.15, 0.2) is 18.2 Å². The van der Waals surface area contributed by atoms with Crippen LogP contribution >= 0.6 is 0 Å². The molecule has 0 spiro atoms. The van der Waals surface area contributed by atoms with Crippen molar-refractivity contribution in [2.24, 2.45) is 0 Å². The Morgan fingerprint density at radius 3 is 3.07 bits per heavy atom. The Morgan fingerprint density at radius 1 is 1.53 bits per heavy atom. The standard InChI is InChI=1S/C11H15NO3/c1-14-10-3-2-8(13)6-9(10)11-7-12-4-5-15-11/h2-3,6,11-13H,4-5,7H2,1H3. The number of hydrogen-bond donors (Lipinski definition) is 2. The van der Waals surface area contributed by atoms with Gasteiger partial charge in [0.25, 0.3) is 0 Å². The first-order chi connectivity index (χ1) is 7.31. The largest absolute Gasteiger partial charge is 0.508 e. The highest BCUT2D eigenvalue weighted by Crippen LogP contribution is 2.31. The molecule has 1 heterocycles. The predicted molar refractivity (Wildman–Crippen MR) is 56.2 cm³/mol. The third-order valence-electron chi connectivity index (χ3n) is 2.49. The predicted octanol–water partition coefficient (Wildman–Crippen LogP) is 1.06. The van der Waals surface area contributed by atoms with Gasteiger partial charge in [-0.15, -0.1) is 0 Å². The summed E-state index contributed by atoms with van der Waals surface area (Å²) in [5.74, 6) is 0.987. The maximum absolute atomic E-state index is 9.43. The minimum absolute atomic E-state index is 0.0409. The number of aromatic hydroxyl groups is 1. The lowest BCUT2D eigenvalue weighted by Crippen LogP contribution is -2.33. The Kier molecular flexibility index (Phi) is 3.08. The Hall–Kier alpha value is -1.26. The van der Waals surface area contributed by atoms with Crippen LogP contribution in [0.25, 0.3) is 0 Å². The van der Waals surface area contributed by atoms with Crippen LogP contribution in [0.4, 0.5) is 0 Å². The molecule has 1 aliphatic rings. The molecule has 15 heavy (non-hydrogen) atoms. The van der Waals surface area contributed by atoms with Gasteiger partial charge in [0, 0.05) is 18.7 Å². The zero-order valence-corrected chi connectivity index (χ0v) is 8.69. The van der Waals surface area contributed by atoms with Crippen molar-refractivity contribution >= 4 is 0 Å². The van der Waals surface area contributed by atoms with E-state index in [1.165, 1.54) is 0 Å². The molecule has 0 saturated carbocycles. The van der Waals surface area contributed by atoms with Gasteiger partial charge in [0.1, 0.15) is 11.5 Å². The fourth-order valence-electron chi connectivity index (χ4n) is 1.74. The molecular weight excluding hydrogens is 194 g/mol. The molecule has 2 N–H and O–H groups in total. The number of phenolic OH excluding ortho intramolecular Hbond substituents is 1. The average Bonchev–Trinajstić information content (AvgIpc) is 2.30. The van der Waals surface area contributed by atoms with Crippen molar-refractivity contribution in [3.05, 3.63) is 23.8 Å². The van der Waals surface area contributed by atoms with Crippen LogP contribution in [-0.2, 0) is 4.74 Å². The Balaban J connectivity index is 2.27. The molecule has 1 aromatic carbocycles. The fourth-order valence-corrected chi connectivity index (χ4v) is 1.74. The summed E-state index contributed by atoms with van der Waals surface area (Å²) in [6, 6.07) is 5.05. The molecule has 1 atom stereocenters. The molecule has 2 rings (SSSR count). The second-order valence-corrected chi connectivity index (χ2v) is 3.49. The van der Waals surface area contributed by atoms with Crippen LogP contribution in [0.1, 0.15) is 11.7 Å². The van der Waals surface area contributed by atoms with Crippen molar-refractivity contribution < 1.29 is 14.6 Å². The van der Waals surface area contributed by atoms with E-state index in [1.807, 2.05) is 0 Å². The van der Waals surface area contributed by atoms with E-state index in [4.69, 9.17) is 9.47 Å². The third kappa shape index (κ3) is 2.22. The van der Waals surface area contributed by atoms with Crippen LogP contribution in [0.3, 0.4) is 0 Å². The van der Waals surface area contributed by atoms with Gasteiger partial charge in [0.2, 0.25) is 0 Å². The molecule has 1 saturated heterocycles. The van der Waals surface area contributed by atoms with E-state index >= 15 is 0 Å². The molecule has 1 aromatic rings. The number of hydrogen-bond acceptors (Lipinski definition) is 4.